The number of rotatable bonds is 7. The lowest BCUT2D eigenvalue weighted by atomic mass is 10.2. The molecule has 2 unspecified atom stereocenters. The molecular formula is C14H22BrNO. The van der Waals surface area contributed by atoms with Crippen molar-refractivity contribution < 1.29 is 4.74 Å². The Bertz CT molecular complexity index is 330. The third-order valence-corrected chi connectivity index (χ3v) is 3.10. The van der Waals surface area contributed by atoms with Gasteiger partial charge in [0.1, 0.15) is 11.9 Å². The Kier molecular flexibility index (Phi) is 6.60. The topological polar surface area (TPSA) is 21.3 Å². The second-order valence-corrected chi connectivity index (χ2v) is 5.40. The average molecular weight is 300 g/mol. The molecule has 0 radical (unpaired) electrons. The minimum atomic E-state index is 0.184. The van der Waals surface area contributed by atoms with Gasteiger partial charge in [0.05, 0.1) is 0 Å². The van der Waals surface area contributed by atoms with Crippen LogP contribution in [0.15, 0.2) is 28.7 Å². The van der Waals surface area contributed by atoms with Crippen LogP contribution in [0.2, 0.25) is 0 Å². The fourth-order valence-corrected chi connectivity index (χ4v) is 2.09. The first-order valence-electron chi connectivity index (χ1n) is 6.27. The molecular weight excluding hydrogens is 278 g/mol. The van der Waals surface area contributed by atoms with E-state index < -0.39 is 0 Å². The van der Waals surface area contributed by atoms with Gasteiger partial charge >= 0.3 is 0 Å². The monoisotopic (exact) mass is 299 g/mol. The number of hydrogen-bond donors (Lipinski definition) is 1. The zero-order valence-electron chi connectivity index (χ0n) is 10.9. The summed E-state index contributed by atoms with van der Waals surface area (Å²) >= 11 is 3.44. The van der Waals surface area contributed by atoms with E-state index in [1.54, 1.807) is 0 Å². The highest BCUT2D eigenvalue weighted by molar-refractivity contribution is 9.10. The molecule has 2 nitrogen and oxygen atoms in total. The molecule has 17 heavy (non-hydrogen) atoms. The highest BCUT2D eigenvalue weighted by Crippen LogP contribution is 2.18. The summed E-state index contributed by atoms with van der Waals surface area (Å²) in [7, 11) is 0. The molecule has 0 bridgehead atoms. The first-order chi connectivity index (χ1) is 8.11. The van der Waals surface area contributed by atoms with Crippen LogP contribution in [-0.4, -0.2) is 18.7 Å². The molecule has 3 heteroatoms. The summed E-state index contributed by atoms with van der Waals surface area (Å²) < 4.78 is 6.88. The van der Waals surface area contributed by atoms with Gasteiger partial charge in [0.15, 0.2) is 0 Å². The van der Waals surface area contributed by atoms with E-state index in [0.29, 0.717) is 6.04 Å². The summed E-state index contributed by atoms with van der Waals surface area (Å²) in [5.74, 6) is 0.914. The van der Waals surface area contributed by atoms with Crippen LogP contribution in [0.25, 0.3) is 0 Å². The predicted octanol–water partition coefficient (Wildman–Crippen LogP) is 3.99. The Morgan fingerprint density at radius 2 is 2.12 bits per heavy atom. The van der Waals surface area contributed by atoms with Crippen molar-refractivity contribution in [3.63, 3.8) is 0 Å². The lowest BCUT2D eigenvalue weighted by molar-refractivity contribution is 0.211. The van der Waals surface area contributed by atoms with E-state index in [-0.39, 0.29) is 6.10 Å². The van der Waals surface area contributed by atoms with Gasteiger partial charge in [0.2, 0.25) is 0 Å². The molecule has 0 saturated carbocycles. The lowest BCUT2D eigenvalue weighted by Crippen LogP contribution is -2.34. The smallest absolute Gasteiger partial charge is 0.120 e. The van der Waals surface area contributed by atoms with E-state index in [4.69, 9.17) is 4.74 Å². The van der Waals surface area contributed by atoms with Gasteiger partial charge < -0.3 is 10.1 Å². The Morgan fingerprint density at radius 1 is 1.35 bits per heavy atom. The van der Waals surface area contributed by atoms with Crippen LogP contribution in [0.5, 0.6) is 5.75 Å². The SMILES string of the molecule is CCCC(C)NCC(C)Oc1cccc(Br)c1. The third kappa shape index (κ3) is 6.08. The molecule has 1 aromatic carbocycles. The van der Waals surface area contributed by atoms with Gasteiger partial charge in [-0.15, -0.1) is 0 Å². The number of halogens is 1. The molecule has 1 rings (SSSR count). The number of nitrogens with one attached hydrogen (secondary N) is 1. The van der Waals surface area contributed by atoms with Gasteiger partial charge in [-0.25, -0.2) is 0 Å². The van der Waals surface area contributed by atoms with E-state index in [9.17, 15) is 0 Å². The van der Waals surface area contributed by atoms with Crippen molar-refractivity contribution in [1.82, 2.24) is 5.32 Å². The van der Waals surface area contributed by atoms with E-state index in [2.05, 4.69) is 42.0 Å². The van der Waals surface area contributed by atoms with Crippen LogP contribution >= 0.6 is 15.9 Å². The fraction of sp³-hybridized carbons (Fsp3) is 0.571. The van der Waals surface area contributed by atoms with E-state index in [1.807, 2.05) is 24.3 Å². The Labute approximate surface area is 113 Å². The predicted molar refractivity (Wildman–Crippen MR) is 76.6 cm³/mol. The average Bonchev–Trinajstić information content (AvgIpc) is 2.27. The maximum absolute atomic E-state index is 5.83. The zero-order valence-corrected chi connectivity index (χ0v) is 12.5. The first-order valence-corrected chi connectivity index (χ1v) is 7.06. The lowest BCUT2D eigenvalue weighted by Gasteiger charge is -2.19. The maximum Gasteiger partial charge on any atom is 0.120 e. The van der Waals surface area contributed by atoms with Crippen LogP contribution in [0, 0.1) is 0 Å². The standard InChI is InChI=1S/C14H22BrNO/c1-4-6-11(2)16-10-12(3)17-14-8-5-7-13(15)9-14/h5,7-9,11-12,16H,4,6,10H2,1-3H3. The van der Waals surface area contributed by atoms with Crippen molar-refractivity contribution in [1.29, 1.82) is 0 Å². The quantitative estimate of drug-likeness (QED) is 0.822. The largest absolute Gasteiger partial charge is 0.489 e. The number of hydrogen-bond acceptors (Lipinski definition) is 2. The number of ether oxygens (including phenoxy) is 1. The minimum Gasteiger partial charge on any atom is -0.489 e. The van der Waals surface area contributed by atoms with Crippen LogP contribution < -0.4 is 10.1 Å². The molecule has 0 aliphatic carbocycles. The van der Waals surface area contributed by atoms with Crippen LogP contribution in [0.4, 0.5) is 0 Å². The first kappa shape index (κ1) is 14.5. The van der Waals surface area contributed by atoms with Crippen LogP contribution in [-0.2, 0) is 0 Å². The van der Waals surface area contributed by atoms with E-state index >= 15 is 0 Å². The van der Waals surface area contributed by atoms with Crippen molar-refractivity contribution in [3.8, 4) is 5.75 Å². The van der Waals surface area contributed by atoms with Crippen molar-refractivity contribution >= 4 is 15.9 Å². The molecule has 0 amide bonds. The zero-order chi connectivity index (χ0) is 12.7. The summed E-state index contributed by atoms with van der Waals surface area (Å²) in [6.07, 6.45) is 2.61. The highest BCUT2D eigenvalue weighted by Gasteiger charge is 2.06. The van der Waals surface area contributed by atoms with Crippen molar-refractivity contribution in [2.45, 2.75) is 45.8 Å². The van der Waals surface area contributed by atoms with Crippen molar-refractivity contribution in [3.05, 3.63) is 28.7 Å². The molecule has 0 spiro atoms. The Morgan fingerprint density at radius 3 is 2.76 bits per heavy atom. The van der Waals surface area contributed by atoms with Crippen LogP contribution in [0.1, 0.15) is 33.6 Å². The molecule has 0 aromatic heterocycles. The van der Waals surface area contributed by atoms with Crippen molar-refractivity contribution in [2.24, 2.45) is 0 Å². The molecule has 1 aromatic rings. The molecule has 0 aliphatic heterocycles. The van der Waals surface area contributed by atoms with Gasteiger partial charge in [-0.2, -0.15) is 0 Å². The Hall–Kier alpha value is -0.540. The van der Waals surface area contributed by atoms with Crippen LogP contribution in [0.3, 0.4) is 0 Å². The van der Waals surface area contributed by atoms with E-state index in [1.165, 1.54) is 12.8 Å². The molecule has 1 N–H and O–H groups in total. The Balaban J connectivity index is 2.32. The van der Waals surface area contributed by atoms with Gasteiger partial charge in [0.25, 0.3) is 0 Å². The summed E-state index contributed by atoms with van der Waals surface area (Å²) in [4.78, 5) is 0. The highest BCUT2D eigenvalue weighted by atomic mass is 79.9. The second-order valence-electron chi connectivity index (χ2n) is 4.48. The molecule has 96 valence electrons. The van der Waals surface area contributed by atoms with Gasteiger partial charge in [0, 0.05) is 17.1 Å². The van der Waals surface area contributed by atoms with Gasteiger partial charge in [-0.05, 0) is 38.5 Å². The summed E-state index contributed by atoms with van der Waals surface area (Å²) in [6.45, 7) is 7.40. The van der Waals surface area contributed by atoms with Crippen molar-refractivity contribution in [2.75, 3.05) is 6.54 Å². The van der Waals surface area contributed by atoms with E-state index in [0.717, 1.165) is 16.8 Å². The number of benzene rings is 1. The summed E-state index contributed by atoms with van der Waals surface area (Å²) in [5.41, 5.74) is 0. The minimum absolute atomic E-state index is 0.184. The molecule has 0 fully saturated rings. The molecule has 2 atom stereocenters. The maximum atomic E-state index is 5.83. The molecule has 0 saturated heterocycles. The second kappa shape index (κ2) is 7.72. The normalized spacial score (nSPS) is 14.4. The molecule has 0 heterocycles. The molecule has 0 aliphatic rings. The van der Waals surface area contributed by atoms with Gasteiger partial charge in [-0.1, -0.05) is 35.3 Å². The fourth-order valence-electron chi connectivity index (χ4n) is 1.72. The van der Waals surface area contributed by atoms with Gasteiger partial charge in [-0.3, -0.25) is 0 Å². The summed E-state index contributed by atoms with van der Waals surface area (Å²) in [6, 6.07) is 8.52. The third-order valence-electron chi connectivity index (χ3n) is 2.61. The summed E-state index contributed by atoms with van der Waals surface area (Å²) in [5, 5.41) is 3.48.